The second-order valence-electron chi connectivity index (χ2n) is 3.04. The number of nitrogens with zero attached hydrogens (tertiary/aromatic N) is 1. The van der Waals surface area contributed by atoms with Crippen LogP contribution in [0.4, 0.5) is 26.1 Å². The standard InChI is InChI=1S/C10H9F2N3S/c1-13-9-7(11)4-8(12)10(15-9)14-6-2-3-16-5-6/h2-5H,1H3,(H2,13,14,15). The lowest BCUT2D eigenvalue weighted by atomic mass is 10.4. The summed E-state index contributed by atoms with van der Waals surface area (Å²) in [6.45, 7) is 0. The summed E-state index contributed by atoms with van der Waals surface area (Å²) in [5.41, 5.74) is 0.727. The second-order valence-corrected chi connectivity index (χ2v) is 3.82. The Labute approximate surface area is 95.1 Å². The highest BCUT2D eigenvalue weighted by Gasteiger charge is 2.10. The molecular weight excluding hydrogens is 232 g/mol. The molecule has 0 saturated heterocycles. The fraction of sp³-hybridized carbons (Fsp3) is 0.100. The van der Waals surface area contributed by atoms with Crippen LogP contribution in [0.2, 0.25) is 0 Å². The van der Waals surface area contributed by atoms with E-state index in [1.807, 2.05) is 10.8 Å². The fourth-order valence-corrected chi connectivity index (χ4v) is 1.79. The summed E-state index contributed by atoms with van der Waals surface area (Å²) in [6, 6.07) is 2.59. The van der Waals surface area contributed by atoms with Gasteiger partial charge in [-0.05, 0) is 11.4 Å². The summed E-state index contributed by atoms with van der Waals surface area (Å²) in [4.78, 5) is 3.80. The van der Waals surface area contributed by atoms with Gasteiger partial charge in [-0.3, -0.25) is 0 Å². The van der Waals surface area contributed by atoms with Crippen LogP contribution in [0.5, 0.6) is 0 Å². The first-order valence-electron chi connectivity index (χ1n) is 4.53. The van der Waals surface area contributed by atoms with E-state index in [-0.39, 0.29) is 11.6 Å². The van der Waals surface area contributed by atoms with Crippen LogP contribution in [0, 0.1) is 11.6 Å². The van der Waals surface area contributed by atoms with E-state index in [0.29, 0.717) is 0 Å². The van der Waals surface area contributed by atoms with Crippen molar-refractivity contribution >= 4 is 28.7 Å². The monoisotopic (exact) mass is 241 g/mol. The normalized spacial score (nSPS) is 10.2. The summed E-state index contributed by atoms with van der Waals surface area (Å²) in [7, 11) is 1.53. The van der Waals surface area contributed by atoms with Gasteiger partial charge in [-0.25, -0.2) is 13.8 Å². The Bertz CT molecular complexity index is 485. The Morgan fingerprint density at radius 2 is 2.00 bits per heavy atom. The molecule has 3 nitrogen and oxygen atoms in total. The summed E-state index contributed by atoms with van der Waals surface area (Å²) >= 11 is 1.48. The van der Waals surface area contributed by atoms with Gasteiger partial charge in [-0.15, -0.1) is 0 Å². The van der Waals surface area contributed by atoms with Crippen molar-refractivity contribution in [3.05, 3.63) is 34.5 Å². The van der Waals surface area contributed by atoms with E-state index in [0.717, 1.165) is 11.8 Å². The van der Waals surface area contributed by atoms with Gasteiger partial charge >= 0.3 is 0 Å². The lowest BCUT2D eigenvalue weighted by Crippen LogP contribution is -2.03. The molecule has 16 heavy (non-hydrogen) atoms. The van der Waals surface area contributed by atoms with E-state index in [2.05, 4.69) is 15.6 Å². The maximum Gasteiger partial charge on any atom is 0.169 e. The van der Waals surface area contributed by atoms with Crippen LogP contribution in [-0.4, -0.2) is 12.0 Å². The molecule has 0 unspecified atom stereocenters. The van der Waals surface area contributed by atoms with Gasteiger partial charge in [-0.2, -0.15) is 11.3 Å². The topological polar surface area (TPSA) is 37.0 Å². The molecule has 0 amide bonds. The maximum atomic E-state index is 13.4. The van der Waals surface area contributed by atoms with Gasteiger partial charge < -0.3 is 10.6 Å². The zero-order chi connectivity index (χ0) is 11.5. The molecule has 84 valence electrons. The molecule has 0 aliphatic rings. The lowest BCUT2D eigenvalue weighted by molar-refractivity contribution is 0.580. The van der Waals surface area contributed by atoms with Gasteiger partial charge in [0, 0.05) is 18.5 Å². The SMILES string of the molecule is CNc1nc(Nc2ccsc2)c(F)cc1F. The van der Waals surface area contributed by atoms with E-state index in [9.17, 15) is 8.78 Å². The average Bonchev–Trinajstić information content (AvgIpc) is 2.75. The molecule has 0 radical (unpaired) electrons. The Morgan fingerprint density at radius 1 is 1.25 bits per heavy atom. The molecule has 2 aromatic rings. The third-order valence-corrected chi connectivity index (χ3v) is 2.63. The highest BCUT2D eigenvalue weighted by molar-refractivity contribution is 7.08. The van der Waals surface area contributed by atoms with Gasteiger partial charge in [-0.1, -0.05) is 0 Å². The number of pyridine rings is 1. The third-order valence-electron chi connectivity index (χ3n) is 1.95. The summed E-state index contributed by atoms with van der Waals surface area (Å²) in [6.07, 6.45) is 0. The first-order valence-corrected chi connectivity index (χ1v) is 5.48. The van der Waals surface area contributed by atoms with Crippen molar-refractivity contribution in [2.75, 3.05) is 17.7 Å². The van der Waals surface area contributed by atoms with E-state index < -0.39 is 11.6 Å². The van der Waals surface area contributed by atoms with Gasteiger partial charge in [0.1, 0.15) is 0 Å². The van der Waals surface area contributed by atoms with E-state index in [1.54, 1.807) is 6.07 Å². The highest BCUT2D eigenvalue weighted by Crippen LogP contribution is 2.23. The molecule has 6 heteroatoms. The molecule has 2 rings (SSSR count). The van der Waals surface area contributed by atoms with Crippen LogP contribution in [0.1, 0.15) is 0 Å². The number of rotatable bonds is 3. The molecule has 2 heterocycles. The van der Waals surface area contributed by atoms with Crippen molar-refractivity contribution in [1.82, 2.24) is 4.98 Å². The molecule has 0 spiro atoms. The number of hydrogen-bond donors (Lipinski definition) is 2. The van der Waals surface area contributed by atoms with Gasteiger partial charge in [0.2, 0.25) is 0 Å². The van der Waals surface area contributed by atoms with Crippen molar-refractivity contribution < 1.29 is 8.78 Å². The fourth-order valence-electron chi connectivity index (χ4n) is 1.20. The molecule has 0 aromatic carbocycles. The van der Waals surface area contributed by atoms with Crippen LogP contribution in [0.25, 0.3) is 0 Å². The van der Waals surface area contributed by atoms with Crippen LogP contribution < -0.4 is 10.6 Å². The lowest BCUT2D eigenvalue weighted by Gasteiger charge is -2.07. The molecule has 0 aliphatic heterocycles. The Kier molecular flexibility index (Phi) is 3.00. The molecule has 2 N–H and O–H groups in total. The Balaban J connectivity index is 2.33. The predicted octanol–water partition coefficient (Wildman–Crippen LogP) is 3.21. The zero-order valence-corrected chi connectivity index (χ0v) is 9.24. The minimum Gasteiger partial charge on any atom is -0.371 e. The first kappa shape index (κ1) is 10.8. The molecule has 0 saturated carbocycles. The number of anilines is 3. The van der Waals surface area contributed by atoms with Gasteiger partial charge in [0.15, 0.2) is 23.3 Å². The summed E-state index contributed by atoms with van der Waals surface area (Å²) in [5.74, 6) is -1.41. The van der Waals surface area contributed by atoms with Crippen LogP contribution in [0.15, 0.2) is 22.9 Å². The van der Waals surface area contributed by atoms with Crippen molar-refractivity contribution in [2.45, 2.75) is 0 Å². The Hall–Kier alpha value is -1.69. The van der Waals surface area contributed by atoms with Crippen molar-refractivity contribution in [3.8, 4) is 0 Å². The molecule has 0 fully saturated rings. The largest absolute Gasteiger partial charge is 0.371 e. The quantitative estimate of drug-likeness (QED) is 0.866. The maximum absolute atomic E-state index is 13.4. The molecule has 0 aliphatic carbocycles. The smallest absolute Gasteiger partial charge is 0.169 e. The molecular formula is C10H9F2N3S. The molecule has 0 atom stereocenters. The molecule has 2 aromatic heterocycles. The third kappa shape index (κ3) is 2.11. The first-order chi connectivity index (χ1) is 7.70. The van der Waals surface area contributed by atoms with Gasteiger partial charge in [0.05, 0.1) is 5.69 Å². The summed E-state index contributed by atoms with van der Waals surface area (Å²) in [5, 5.41) is 8.98. The number of halogens is 2. The Morgan fingerprint density at radius 3 is 2.62 bits per heavy atom. The van der Waals surface area contributed by atoms with Crippen molar-refractivity contribution in [3.63, 3.8) is 0 Å². The van der Waals surface area contributed by atoms with Crippen LogP contribution in [0.3, 0.4) is 0 Å². The van der Waals surface area contributed by atoms with Crippen LogP contribution >= 0.6 is 11.3 Å². The number of aromatic nitrogens is 1. The van der Waals surface area contributed by atoms with Crippen molar-refractivity contribution in [1.29, 1.82) is 0 Å². The molecule has 0 bridgehead atoms. The predicted molar refractivity (Wildman–Crippen MR) is 61.3 cm³/mol. The second kappa shape index (κ2) is 4.44. The number of thiophene rings is 1. The zero-order valence-electron chi connectivity index (χ0n) is 8.42. The average molecular weight is 241 g/mol. The van der Waals surface area contributed by atoms with Crippen LogP contribution in [-0.2, 0) is 0 Å². The van der Waals surface area contributed by atoms with E-state index in [1.165, 1.54) is 18.4 Å². The highest BCUT2D eigenvalue weighted by atomic mass is 32.1. The van der Waals surface area contributed by atoms with E-state index >= 15 is 0 Å². The summed E-state index contributed by atoms with van der Waals surface area (Å²) < 4.78 is 26.5. The van der Waals surface area contributed by atoms with E-state index in [4.69, 9.17) is 0 Å². The minimum absolute atomic E-state index is 0.00384. The van der Waals surface area contributed by atoms with Gasteiger partial charge in [0.25, 0.3) is 0 Å². The number of nitrogens with one attached hydrogen (secondary N) is 2. The van der Waals surface area contributed by atoms with Crippen molar-refractivity contribution in [2.24, 2.45) is 0 Å². The number of hydrogen-bond acceptors (Lipinski definition) is 4. The minimum atomic E-state index is -0.720.